The lowest BCUT2D eigenvalue weighted by molar-refractivity contribution is 0.601. The average molecular weight is 406 g/mol. The van der Waals surface area contributed by atoms with Gasteiger partial charge in [0, 0.05) is 4.47 Å². The van der Waals surface area contributed by atoms with Crippen LogP contribution >= 0.6 is 39.1 Å². The van der Waals surface area contributed by atoms with E-state index in [1.165, 1.54) is 24.3 Å². The molecule has 8 heteroatoms. The van der Waals surface area contributed by atoms with Gasteiger partial charge in [-0.15, -0.1) is 0 Å². The van der Waals surface area contributed by atoms with E-state index in [4.69, 9.17) is 28.5 Å². The van der Waals surface area contributed by atoms with Gasteiger partial charge >= 0.3 is 0 Å². The molecule has 0 aliphatic heterocycles. The van der Waals surface area contributed by atoms with Crippen molar-refractivity contribution in [3.63, 3.8) is 0 Å². The summed E-state index contributed by atoms with van der Waals surface area (Å²) in [4.78, 5) is -0.212. The summed E-state index contributed by atoms with van der Waals surface area (Å²) in [5.41, 5.74) is 0.590. The molecule has 0 unspecified atom stereocenters. The molecular weight excluding hydrogens is 399 g/mol. The summed E-state index contributed by atoms with van der Waals surface area (Å²) in [6.07, 6.45) is 0. The Bertz CT molecular complexity index is 824. The number of halogens is 3. The molecule has 2 aromatic rings. The average Bonchev–Trinajstić information content (AvgIpc) is 2.36. The molecule has 0 saturated carbocycles. The molecule has 2 rings (SSSR count). The monoisotopic (exact) mass is 404 g/mol. The van der Waals surface area contributed by atoms with Gasteiger partial charge in [0.15, 0.2) is 0 Å². The number of hydrogen-bond acceptors (Lipinski definition) is 3. The summed E-state index contributed by atoms with van der Waals surface area (Å²) in [6, 6.07) is 10.9. The first kappa shape index (κ1) is 16.1. The highest BCUT2D eigenvalue weighted by atomic mass is 79.9. The number of sulfonamides is 1. The molecule has 1 N–H and O–H groups in total. The summed E-state index contributed by atoms with van der Waals surface area (Å²) in [5.74, 6) is 0. The molecule has 0 aliphatic carbocycles. The third-order valence-corrected chi connectivity index (χ3v) is 5.24. The van der Waals surface area contributed by atoms with E-state index < -0.39 is 10.0 Å². The van der Waals surface area contributed by atoms with Crippen molar-refractivity contribution in [2.24, 2.45) is 0 Å². The van der Waals surface area contributed by atoms with Gasteiger partial charge in [-0.05, 0) is 30.3 Å². The molecule has 0 atom stereocenters. The zero-order valence-electron chi connectivity index (χ0n) is 10.3. The molecule has 0 heterocycles. The molecule has 0 aliphatic rings. The lowest BCUT2D eigenvalue weighted by Crippen LogP contribution is -2.14. The predicted molar refractivity (Wildman–Crippen MR) is 86.1 cm³/mol. The van der Waals surface area contributed by atoms with Gasteiger partial charge in [0.05, 0.1) is 27.4 Å². The lowest BCUT2D eigenvalue weighted by Gasteiger charge is -2.11. The number of benzene rings is 2. The fourth-order valence-electron chi connectivity index (χ4n) is 1.64. The van der Waals surface area contributed by atoms with Gasteiger partial charge in [-0.25, -0.2) is 8.42 Å². The van der Waals surface area contributed by atoms with Gasteiger partial charge < -0.3 is 0 Å². The van der Waals surface area contributed by atoms with E-state index in [1.54, 1.807) is 12.1 Å². The zero-order chi connectivity index (χ0) is 15.6. The van der Waals surface area contributed by atoms with Crippen LogP contribution in [0.2, 0.25) is 10.0 Å². The molecule has 21 heavy (non-hydrogen) atoms. The molecule has 4 nitrogen and oxygen atoms in total. The molecule has 0 fully saturated rings. The van der Waals surface area contributed by atoms with Crippen LogP contribution in [0.4, 0.5) is 5.69 Å². The summed E-state index contributed by atoms with van der Waals surface area (Å²) >= 11 is 15.1. The summed E-state index contributed by atoms with van der Waals surface area (Å²) in [5, 5.41) is 8.82. The Morgan fingerprint density at radius 2 is 1.76 bits per heavy atom. The first-order valence-electron chi connectivity index (χ1n) is 5.51. The van der Waals surface area contributed by atoms with Crippen LogP contribution < -0.4 is 4.72 Å². The number of anilines is 1. The minimum Gasteiger partial charge on any atom is -0.279 e. The van der Waals surface area contributed by atoms with Crippen molar-refractivity contribution >= 4 is 54.8 Å². The highest BCUT2D eigenvalue weighted by molar-refractivity contribution is 9.10. The van der Waals surface area contributed by atoms with Crippen LogP contribution in [0.25, 0.3) is 0 Å². The topological polar surface area (TPSA) is 70.0 Å². The molecule has 0 spiro atoms. The third kappa shape index (κ3) is 3.69. The Morgan fingerprint density at radius 1 is 1.14 bits per heavy atom. The van der Waals surface area contributed by atoms with Crippen LogP contribution in [0.3, 0.4) is 0 Å². The second kappa shape index (κ2) is 6.24. The fourth-order valence-corrected chi connectivity index (χ4v) is 4.63. The molecular formula is C13H7BrCl2N2O2S. The first-order valence-corrected chi connectivity index (χ1v) is 8.54. The van der Waals surface area contributed by atoms with Crippen molar-refractivity contribution in [3.05, 3.63) is 56.5 Å². The van der Waals surface area contributed by atoms with Gasteiger partial charge in [-0.2, -0.15) is 5.26 Å². The van der Waals surface area contributed by atoms with E-state index >= 15 is 0 Å². The Morgan fingerprint density at radius 3 is 2.33 bits per heavy atom. The van der Waals surface area contributed by atoms with Crippen LogP contribution in [0.5, 0.6) is 0 Å². The maximum absolute atomic E-state index is 12.4. The number of nitriles is 1. The summed E-state index contributed by atoms with van der Waals surface area (Å²) < 4.78 is 27.7. The standard InChI is InChI=1S/C13H7BrCl2N2O2S/c14-9-5-11(15)13(12(16)6-9)21(19,20)18-10-3-1-2-8(4-10)7-17/h1-6,18H. The van der Waals surface area contributed by atoms with Crippen molar-refractivity contribution in [3.8, 4) is 6.07 Å². The summed E-state index contributed by atoms with van der Waals surface area (Å²) in [7, 11) is -3.96. The second-order valence-electron chi connectivity index (χ2n) is 4.00. The minimum absolute atomic E-state index is 0.00156. The van der Waals surface area contributed by atoms with Crippen LogP contribution in [0, 0.1) is 11.3 Å². The molecule has 0 amide bonds. The van der Waals surface area contributed by atoms with Crippen LogP contribution in [-0.4, -0.2) is 8.42 Å². The van der Waals surface area contributed by atoms with Crippen molar-refractivity contribution in [2.75, 3.05) is 4.72 Å². The normalized spacial score (nSPS) is 11.0. The molecule has 0 radical (unpaired) electrons. The van der Waals surface area contributed by atoms with Crippen LogP contribution in [0.15, 0.2) is 45.8 Å². The summed E-state index contributed by atoms with van der Waals surface area (Å²) in [6.45, 7) is 0. The number of nitrogens with zero attached hydrogens (tertiary/aromatic N) is 1. The Balaban J connectivity index is 2.46. The van der Waals surface area contributed by atoms with E-state index in [2.05, 4.69) is 20.7 Å². The Labute approximate surface area is 140 Å². The highest BCUT2D eigenvalue weighted by Crippen LogP contribution is 2.33. The molecule has 108 valence electrons. The van der Waals surface area contributed by atoms with Gasteiger partial charge in [-0.3, -0.25) is 4.72 Å². The molecule has 0 saturated heterocycles. The SMILES string of the molecule is N#Cc1cccc(NS(=O)(=O)c2c(Cl)cc(Br)cc2Cl)c1. The highest BCUT2D eigenvalue weighted by Gasteiger charge is 2.22. The van der Waals surface area contributed by atoms with E-state index in [1.807, 2.05) is 6.07 Å². The third-order valence-electron chi connectivity index (χ3n) is 2.48. The Kier molecular flexibility index (Phi) is 4.79. The van der Waals surface area contributed by atoms with E-state index in [-0.39, 0.29) is 20.6 Å². The number of hydrogen-bond donors (Lipinski definition) is 1. The van der Waals surface area contributed by atoms with Gasteiger partial charge in [-0.1, -0.05) is 45.2 Å². The number of nitrogens with one attached hydrogen (secondary N) is 1. The Hall–Kier alpha value is -1.26. The van der Waals surface area contributed by atoms with E-state index in [9.17, 15) is 8.42 Å². The fraction of sp³-hybridized carbons (Fsp3) is 0. The van der Waals surface area contributed by atoms with Crippen molar-refractivity contribution < 1.29 is 8.42 Å². The molecule has 0 bridgehead atoms. The zero-order valence-corrected chi connectivity index (χ0v) is 14.2. The maximum Gasteiger partial charge on any atom is 0.264 e. The largest absolute Gasteiger partial charge is 0.279 e. The molecule has 0 aromatic heterocycles. The second-order valence-corrected chi connectivity index (χ2v) is 7.35. The van der Waals surface area contributed by atoms with Crippen molar-refractivity contribution in [1.82, 2.24) is 0 Å². The maximum atomic E-state index is 12.4. The van der Waals surface area contributed by atoms with Gasteiger partial charge in [0.2, 0.25) is 0 Å². The first-order chi connectivity index (χ1) is 9.83. The number of rotatable bonds is 3. The van der Waals surface area contributed by atoms with Crippen LogP contribution in [0.1, 0.15) is 5.56 Å². The smallest absolute Gasteiger partial charge is 0.264 e. The quantitative estimate of drug-likeness (QED) is 0.820. The van der Waals surface area contributed by atoms with E-state index in [0.717, 1.165) is 0 Å². The molecule has 2 aromatic carbocycles. The van der Waals surface area contributed by atoms with Gasteiger partial charge in [0.1, 0.15) is 4.90 Å². The van der Waals surface area contributed by atoms with E-state index in [0.29, 0.717) is 10.0 Å². The van der Waals surface area contributed by atoms with Gasteiger partial charge in [0.25, 0.3) is 10.0 Å². The van der Waals surface area contributed by atoms with Crippen molar-refractivity contribution in [2.45, 2.75) is 4.90 Å². The lowest BCUT2D eigenvalue weighted by atomic mass is 10.2. The predicted octanol–water partition coefficient (Wildman–Crippen LogP) is 4.43. The van der Waals surface area contributed by atoms with Crippen LogP contribution in [-0.2, 0) is 10.0 Å². The minimum atomic E-state index is -3.96. The van der Waals surface area contributed by atoms with Crippen molar-refractivity contribution in [1.29, 1.82) is 5.26 Å².